The zero-order valence-electron chi connectivity index (χ0n) is 10.9. The van der Waals surface area contributed by atoms with Crippen LogP contribution in [0.5, 0.6) is 0 Å². The Labute approximate surface area is 102 Å². The van der Waals surface area contributed by atoms with Gasteiger partial charge in [-0.15, -0.1) is 5.73 Å². The highest BCUT2D eigenvalue weighted by Crippen LogP contribution is 2.06. The fourth-order valence-corrected chi connectivity index (χ4v) is 1.69. The summed E-state index contributed by atoms with van der Waals surface area (Å²) in [5, 5.41) is 0. The van der Waals surface area contributed by atoms with Crippen molar-refractivity contribution in [3.8, 4) is 0 Å². The SMILES string of the molecule is [CH]=C=CCCCCCC=CCCCCCC. The van der Waals surface area contributed by atoms with Crippen LogP contribution in [0.4, 0.5) is 0 Å². The van der Waals surface area contributed by atoms with E-state index >= 15 is 0 Å². The standard InChI is InChI=1S/C16H27/c1-3-5-7-9-11-13-15-16-14-12-10-8-6-4-2/h1,5,14,16H,4,6-13,15H2,2H3. The molecule has 91 valence electrons. The maximum absolute atomic E-state index is 5.14. The van der Waals surface area contributed by atoms with Gasteiger partial charge in [-0.2, -0.15) is 0 Å². The van der Waals surface area contributed by atoms with E-state index in [1.54, 1.807) is 0 Å². The number of hydrogen-bond donors (Lipinski definition) is 0. The van der Waals surface area contributed by atoms with Crippen molar-refractivity contribution in [2.45, 2.75) is 71.1 Å². The third-order valence-electron chi connectivity index (χ3n) is 2.73. The lowest BCUT2D eigenvalue weighted by molar-refractivity contribution is 0.670. The molecule has 0 aromatic rings. The average molecular weight is 219 g/mol. The second kappa shape index (κ2) is 14.3. The van der Waals surface area contributed by atoms with Gasteiger partial charge in [-0.1, -0.05) is 44.8 Å². The Kier molecular flexibility index (Phi) is 13.6. The van der Waals surface area contributed by atoms with Crippen LogP contribution in [0, 0.1) is 6.58 Å². The van der Waals surface area contributed by atoms with Gasteiger partial charge in [0.15, 0.2) is 0 Å². The van der Waals surface area contributed by atoms with Crippen molar-refractivity contribution in [1.82, 2.24) is 0 Å². The quantitative estimate of drug-likeness (QED) is 0.241. The van der Waals surface area contributed by atoms with E-state index in [4.69, 9.17) is 6.58 Å². The highest BCUT2D eigenvalue weighted by atomic mass is 13.9. The summed E-state index contributed by atoms with van der Waals surface area (Å²) in [6.07, 6.45) is 19.5. The first kappa shape index (κ1) is 15.3. The van der Waals surface area contributed by atoms with Crippen LogP contribution in [-0.2, 0) is 0 Å². The monoisotopic (exact) mass is 219 g/mol. The Morgan fingerprint density at radius 1 is 0.812 bits per heavy atom. The van der Waals surface area contributed by atoms with Gasteiger partial charge in [-0.3, -0.25) is 0 Å². The van der Waals surface area contributed by atoms with Gasteiger partial charge in [0.2, 0.25) is 0 Å². The van der Waals surface area contributed by atoms with Crippen molar-refractivity contribution in [2.24, 2.45) is 0 Å². The minimum Gasteiger partial charge on any atom is -0.125 e. The van der Waals surface area contributed by atoms with Gasteiger partial charge in [0.25, 0.3) is 0 Å². The van der Waals surface area contributed by atoms with Gasteiger partial charge >= 0.3 is 0 Å². The van der Waals surface area contributed by atoms with Crippen LogP contribution in [0.3, 0.4) is 0 Å². The number of rotatable bonds is 11. The number of allylic oxidation sites excluding steroid dienone is 3. The fourth-order valence-electron chi connectivity index (χ4n) is 1.69. The van der Waals surface area contributed by atoms with Gasteiger partial charge in [-0.05, 0) is 51.2 Å². The third-order valence-corrected chi connectivity index (χ3v) is 2.73. The molecule has 0 aliphatic heterocycles. The highest BCUT2D eigenvalue weighted by molar-refractivity contribution is 4.81. The van der Waals surface area contributed by atoms with Gasteiger partial charge < -0.3 is 0 Å². The molecule has 0 saturated heterocycles. The average Bonchev–Trinajstić information content (AvgIpc) is 2.31. The molecule has 0 aromatic heterocycles. The third kappa shape index (κ3) is 13.3. The Bertz CT molecular complexity index is 194. The summed E-state index contributed by atoms with van der Waals surface area (Å²) in [7, 11) is 0. The largest absolute Gasteiger partial charge is 0.125 e. The summed E-state index contributed by atoms with van der Waals surface area (Å²) in [6.45, 7) is 7.40. The van der Waals surface area contributed by atoms with Crippen molar-refractivity contribution in [3.05, 3.63) is 30.5 Å². The van der Waals surface area contributed by atoms with Crippen molar-refractivity contribution in [1.29, 1.82) is 0 Å². The molecule has 0 atom stereocenters. The predicted molar refractivity (Wildman–Crippen MR) is 73.4 cm³/mol. The van der Waals surface area contributed by atoms with Crippen LogP contribution < -0.4 is 0 Å². The Hall–Kier alpha value is -0.740. The molecule has 0 bridgehead atoms. The molecule has 0 aromatic carbocycles. The summed E-state index contributed by atoms with van der Waals surface area (Å²) in [5.74, 6) is 0. The minimum atomic E-state index is 1.08. The second-order valence-electron chi connectivity index (χ2n) is 4.33. The zero-order valence-corrected chi connectivity index (χ0v) is 10.9. The smallest absolute Gasteiger partial charge is 0.0126 e. The lowest BCUT2D eigenvalue weighted by atomic mass is 10.1. The van der Waals surface area contributed by atoms with Crippen molar-refractivity contribution in [2.75, 3.05) is 0 Å². The maximum Gasteiger partial charge on any atom is -0.0126 e. The Morgan fingerprint density at radius 2 is 1.38 bits per heavy atom. The molecular formula is C16H27. The van der Waals surface area contributed by atoms with E-state index < -0.39 is 0 Å². The van der Waals surface area contributed by atoms with Gasteiger partial charge in [0, 0.05) is 0 Å². The molecule has 0 fully saturated rings. The molecule has 0 heteroatoms. The first-order chi connectivity index (χ1) is 7.91. The van der Waals surface area contributed by atoms with E-state index in [0.717, 1.165) is 6.42 Å². The Morgan fingerprint density at radius 3 is 1.94 bits per heavy atom. The van der Waals surface area contributed by atoms with Gasteiger partial charge in [0.05, 0.1) is 0 Å². The normalized spacial score (nSPS) is 10.6. The molecule has 0 nitrogen and oxygen atoms in total. The fraction of sp³-hybridized carbons (Fsp3) is 0.688. The maximum atomic E-state index is 5.14. The molecule has 0 spiro atoms. The van der Waals surface area contributed by atoms with Crippen LogP contribution in [0.2, 0.25) is 0 Å². The topological polar surface area (TPSA) is 0 Å². The van der Waals surface area contributed by atoms with E-state index in [2.05, 4.69) is 24.8 Å². The second-order valence-corrected chi connectivity index (χ2v) is 4.33. The molecule has 16 heavy (non-hydrogen) atoms. The summed E-state index contributed by atoms with van der Waals surface area (Å²) in [6, 6.07) is 0. The van der Waals surface area contributed by atoms with Crippen LogP contribution in [0.25, 0.3) is 0 Å². The zero-order chi connectivity index (χ0) is 11.9. The summed E-state index contributed by atoms with van der Waals surface area (Å²) in [5.41, 5.74) is 2.56. The number of unbranched alkanes of at least 4 members (excludes halogenated alkanes) is 8. The first-order valence-electron chi connectivity index (χ1n) is 6.84. The molecular weight excluding hydrogens is 192 g/mol. The molecule has 0 aliphatic carbocycles. The molecule has 0 saturated carbocycles. The van der Waals surface area contributed by atoms with E-state index in [-0.39, 0.29) is 0 Å². The lowest BCUT2D eigenvalue weighted by Gasteiger charge is -1.96. The highest BCUT2D eigenvalue weighted by Gasteiger charge is 1.86. The van der Waals surface area contributed by atoms with Gasteiger partial charge in [-0.25, -0.2) is 0 Å². The van der Waals surface area contributed by atoms with Crippen molar-refractivity contribution < 1.29 is 0 Å². The molecule has 0 aliphatic rings. The predicted octanol–water partition coefficient (Wildman–Crippen LogP) is 5.61. The van der Waals surface area contributed by atoms with Crippen LogP contribution >= 0.6 is 0 Å². The summed E-state index contributed by atoms with van der Waals surface area (Å²) < 4.78 is 0. The summed E-state index contributed by atoms with van der Waals surface area (Å²) in [4.78, 5) is 0. The summed E-state index contributed by atoms with van der Waals surface area (Å²) >= 11 is 0. The lowest BCUT2D eigenvalue weighted by Crippen LogP contribution is -1.76. The van der Waals surface area contributed by atoms with Crippen molar-refractivity contribution in [3.63, 3.8) is 0 Å². The van der Waals surface area contributed by atoms with E-state index in [1.165, 1.54) is 57.8 Å². The van der Waals surface area contributed by atoms with E-state index in [0.29, 0.717) is 0 Å². The van der Waals surface area contributed by atoms with Gasteiger partial charge in [0.1, 0.15) is 0 Å². The molecule has 0 N–H and O–H groups in total. The van der Waals surface area contributed by atoms with Crippen LogP contribution in [-0.4, -0.2) is 0 Å². The Balaban J connectivity index is 3.06. The molecule has 0 unspecified atom stereocenters. The molecule has 0 heterocycles. The molecule has 0 rings (SSSR count). The van der Waals surface area contributed by atoms with Crippen molar-refractivity contribution >= 4 is 0 Å². The van der Waals surface area contributed by atoms with Crippen LogP contribution in [0.15, 0.2) is 24.0 Å². The molecule has 0 amide bonds. The number of hydrogen-bond acceptors (Lipinski definition) is 0. The first-order valence-corrected chi connectivity index (χ1v) is 6.84. The van der Waals surface area contributed by atoms with E-state index in [9.17, 15) is 0 Å². The van der Waals surface area contributed by atoms with E-state index in [1.807, 2.05) is 6.08 Å². The minimum absolute atomic E-state index is 1.08. The molecule has 1 radical (unpaired) electrons. The van der Waals surface area contributed by atoms with Crippen LogP contribution in [0.1, 0.15) is 71.1 Å².